The minimum atomic E-state index is -2.75. The third kappa shape index (κ3) is 2.99. The van der Waals surface area contributed by atoms with Crippen LogP contribution in [-0.4, -0.2) is 18.8 Å². The molecule has 16 heavy (non-hydrogen) atoms. The molecule has 0 bridgehead atoms. The SMILES string of the molecule is CC(OS(=O)[O-])c1cc([N+](=O)[O-])ccc1O. The predicted octanol–water partition coefficient (Wildman–Crippen LogP) is 1.17. The van der Waals surface area contributed by atoms with Crippen LogP contribution in [-0.2, 0) is 15.5 Å². The molecule has 0 radical (unpaired) electrons. The summed E-state index contributed by atoms with van der Waals surface area (Å²) in [5.74, 6) is -0.261. The van der Waals surface area contributed by atoms with Gasteiger partial charge in [0.25, 0.3) is 5.69 Å². The molecule has 8 heteroatoms. The molecule has 0 saturated heterocycles. The van der Waals surface area contributed by atoms with Crippen LogP contribution in [0.2, 0.25) is 0 Å². The third-order valence-electron chi connectivity index (χ3n) is 1.88. The van der Waals surface area contributed by atoms with E-state index in [2.05, 4.69) is 4.18 Å². The van der Waals surface area contributed by atoms with Crippen LogP contribution in [0.15, 0.2) is 18.2 Å². The van der Waals surface area contributed by atoms with E-state index in [9.17, 15) is 24.0 Å². The van der Waals surface area contributed by atoms with Crippen molar-refractivity contribution in [2.45, 2.75) is 13.0 Å². The molecular weight excluding hydrogens is 238 g/mol. The molecule has 0 amide bonds. The number of nitro benzene ring substituents is 1. The summed E-state index contributed by atoms with van der Waals surface area (Å²) in [6.45, 7) is 1.36. The zero-order valence-corrected chi connectivity index (χ0v) is 8.97. The van der Waals surface area contributed by atoms with Crippen molar-refractivity contribution in [1.29, 1.82) is 0 Å². The van der Waals surface area contributed by atoms with E-state index in [1.165, 1.54) is 6.92 Å². The van der Waals surface area contributed by atoms with Crippen molar-refractivity contribution in [3.05, 3.63) is 33.9 Å². The Hall–Kier alpha value is -1.51. The molecule has 0 aliphatic carbocycles. The fourth-order valence-electron chi connectivity index (χ4n) is 1.15. The molecule has 0 heterocycles. The number of hydrogen-bond donors (Lipinski definition) is 1. The van der Waals surface area contributed by atoms with Crippen molar-refractivity contribution in [2.75, 3.05) is 0 Å². The van der Waals surface area contributed by atoms with Gasteiger partial charge in [-0.2, -0.15) is 0 Å². The number of hydrogen-bond acceptors (Lipinski definition) is 6. The van der Waals surface area contributed by atoms with Crippen LogP contribution in [0.4, 0.5) is 5.69 Å². The maximum atomic E-state index is 10.5. The smallest absolute Gasteiger partial charge is 0.270 e. The number of non-ortho nitro benzene ring substituents is 1. The molecule has 1 rings (SSSR count). The van der Waals surface area contributed by atoms with E-state index in [0.717, 1.165) is 18.2 Å². The molecule has 1 aromatic carbocycles. The number of phenolic OH excluding ortho intramolecular Hbond substituents is 1. The van der Waals surface area contributed by atoms with Crippen LogP contribution in [0.3, 0.4) is 0 Å². The highest BCUT2D eigenvalue weighted by Gasteiger charge is 2.16. The zero-order chi connectivity index (χ0) is 12.3. The normalized spacial score (nSPS) is 14.4. The van der Waals surface area contributed by atoms with E-state index < -0.39 is 22.4 Å². The lowest BCUT2D eigenvalue weighted by Crippen LogP contribution is -2.03. The van der Waals surface area contributed by atoms with Crippen molar-refractivity contribution >= 4 is 17.0 Å². The van der Waals surface area contributed by atoms with Gasteiger partial charge in [0.1, 0.15) is 5.75 Å². The first-order valence-corrected chi connectivity index (χ1v) is 5.15. The van der Waals surface area contributed by atoms with Crippen molar-refractivity contribution in [3.63, 3.8) is 0 Å². The van der Waals surface area contributed by atoms with Crippen LogP contribution in [0.5, 0.6) is 5.75 Å². The number of nitrogens with zero attached hydrogens (tertiary/aromatic N) is 1. The molecule has 1 N–H and O–H groups in total. The van der Waals surface area contributed by atoms with Gasteiger partial charge in [-0.25, -0.2) is 4.21 Å². The Kier molecular flexibility index (Phi) is 3.93. The molecule has 7 nitrogen and oxygen atoms in total. The maximum Gasteiger partial charge on any atom is 0.270 e. The highest BCUT2D eigenvalue weighted by Crippen LogP contribution is 2.30. The number of nitro groups is 1. The molecule has 2 unspecified atom stereocenters. The molecule has 0 aliphatic heterocycles. The highest BCUT2D eigenvalue weighted by molar-refractivity contribution is 7.74. The van der Waals surface area contributed by atoms with Gasteiger partial charge in [0.05, 0.1) is 22.4 Å². The quantitative estimate of drug-likeness (QED) is 0.484. The van der Waals surface area contributed by atoms with Gasteiger partial charge >= 0.3 is 0 Å². The van der Waals surface area contributed by atoms with Gasteiger partial charge in [-0.05, 0) is 13.0 Å². The Bertz CT molecular complexity index is 435. The standard InChI is InChI=1S/C8H9NO6S/c1-5(15-16(13)14)7-4-6(9(11)12)2-3-8(7)10/h2-5,10H,1H3,(H,13,14)/p-1. The summed E-state index contributed by atoms with van der Waals surface area (Å²) < 4.78 is 24.9. The molecule has 88 valence electrons. The molecular formula is C8H8NO6S-. The van der Waals surface area contributed by atoms with Crippen LogP contribution in [0, 0.1) is 10.1 Å². The Labute approximate surface area is 93.3 Å². The van der Waals surface area contributed by atoms with Crippen molar-refractivity contribution in [1.82, 2.24) is 0 Å². The molecule has 2 atom stereocenters. The van der Waals surface area contributed by atoms with E-state index in [0.29, 0.717) is 0 Å². The van der Waals surface area contributed by atoms with Crippen molar-refractivity contribution < 1.29 is 23.0 Å². The van der Waals surface area contributed by atoms with Gasteiger partial charge < -0.3 is 9.66 Å². The van der Waals surface area contributed by atoms with E-state index in [4.69, 9.17) is 0 Å². The summed E-state index contributed by atoms with van der Waals surface area (Å²) in [6, 6.07) is 3.29. The Morgan fingerprint density at radius 3 is 2.69 bits per heavy atom. The molecule has 0 spiro atoms. The van der Waals surface area contributed by atoms with E-state index in [1.807, 2.05) is 0 Å². The Balaban J connectivity index is 3.06. The van der Waals surface area contributed by atoms with Gasteiger partial charge in [-0.3, -0.25) is 14.3 Å². The molecule has 0 aromatic heterocycles. The largest absolute Gasteiger partial charge is 0.750 e. The third-order valence-corrected chi connectivity index (χ3v) is 2.33. The van der Waals surface area contributed by atoms with Crippen LogP contribution >= 0.6 is 0 Å². The maximum absolute atomic E-state index is 10.5. The molecule has 1 aromatic rings. The van der Waals surface area contributed by atoms with E-state index in [-0.39, 0.29) is 17.0 Å². The van der Waals surface area contributed by atoms with Gasteiger partial charge in [0, 0.05) is 17.7 Å². The summed E-state index contributed by atoms with van der Waals surface area (Å²) in [7, 11) is 0. The van der Waals surface area contributed by atoms with Crippen LogP contribution in [0.1, 0.15) is 18.6 Å². The second kappa shape index (κ2) is 5.01. The van der Waals surface area contributed by atoms with Gasteiger partial charge in [-0.1, -0.05) is 0 Å². The average Bonchev–Trinajstić information content (AvgIpc) is 2.16. The topological polar surface area (TPSA) is 113 Å². The molecule has 0 aliphatic rings. The van der Waals surface area contributed by atoms with Gasteiger partial charge in [0.2, 0.25) is 0 Å². The minimum absolute atomic E-state index is 0.0402. The lowest BCUT2D eigenvalue weighted by Gasteiger charge is -2.15. The number of aromatic hydroxyl groups is 1. The summed E-state index contributed by atoms with van der Waals surface area (Å²) in [5.41, 5.74) is -0.210. The lowest BCUT2D eigenvalue weighted by atomic mass is 10.1. The average molecular weight is 246 g/mol. The summed E-state index contributed by atoms with van der Waals surface area (Å²) >= 11 is -2.75. The van der Waals surface area contributed by atoms with Crippen LogP contribution < -0.4 is 0 Å². The highest BCUT2D eigenvalue weighted by atomic mass is 32.2. The fraction of sp³-hybridized carbons (Fsp3) is 0.250. The number of benzene rings is 1. The fourth-order valence-corrected chi connectivity index (χ4v) is 1.49. The Morgan fingerprint density at radius 1 is 1.56 bits per heavy atom. The van der Waals surface area contributed by atoms with Gasteiger partial charge in [-0.15, -0.1) is 0 Å². The summed E-state index contributed by atoms with van der Waals surface area (Å²) in [6.07, 6.45) is -0.988. The summed E-state index contributed by atoms with van der Waals surface area (Å²) in [4.78, 5) is 9.82. The van der Waals surface area contributed by atoms with E-state index >= 15 is 0 Å². The van der Waals surface area contributed by atoms with E-state index in [1.54, 1.807) is 0 Å². The zero-order valence-electron chi connectivity index (χ0n) is 8.15. The Morgan fingerprint density at radius 2 is 2.19 bits per heavy atom. The second-order valence-corrected chi connectivity index (χ2v) is 3.54. The van der Waals surface area contributed by atoms with Crippen molar-refractivity contribution in [2.24, 2.45) is 0 Å². The predicted molar refractivity (Wildman–Crippen MR) is 53.2 cm³/mol. The molecule has 0 saturated carbocycles. The van der Waals surface area contributed by atoms with Gasteiger partial charge in [0.15, 0.2) is 0 Å². The first-order chi connectivity index (χ1) is 7.41. The number of phenols is 1. The first-order valence-electron chi connectivity index (χ1n) is 4.15. The first kappa shape index (κ1) is 12.6. The monoisotopic (exact) mass is 246 g/mol. The number of rotatable bonds is 4. The lowest BCUT2D eigenvalue weighted by molar-refractivity contribution is -0.385. The van der Waals surface area contributed by atoms with Crippen molar-refractivity contribution in [3.8, 4) is 5.75 Å². The van der Waals surface area contributed by atoms with Crippen LogP contribution in [0.25, 0.3) is 0 Å². The minimum Gasteiger partial charge on any atom is -0.750 e. The summed E-state index contributed by atoms with van der Waals surface area (Å²) in [5, 5.41) is 19.9. The second-order valence-electron chi connectivity index (χ2n) is 2.94. The molecule has 0 fully saturated rings.